The fourth-order valence-electron chi connectivity index (χ4n) is 3.20. The standard InChI is InChI=1S/C25H16Br2ClFN2O4S/c26-19-9-15(10-20(27)23(19)35-13-14-1-5-17(29)6-2-14)11-21-24(33)31(25(34)36-21)12-22(32)30-18-7-3-16(28)4-8-18/h1-11H,12-13H2,(H,30,32)/b21-11+. The molecule has 1 aliphatic rings. The first-order valence-electron chi connectivity index (χ1n) is 10.4. The van der Waals surface area contributed by atoms with Gasteiger partial charge in [0.1, 0.15) is 24.7 Å². The zero-order valence-electron chi connectivity index (χ0n) is 18.3. The molecule has 1 heterocycles. The van der Waals surface area contributed by atoms with E-state index in [1.165, 1.54) is 12.1 Å². The molecule has 1 saturated heterocycles. The first-order chi connectivity index (χ1) is 17.2. The molecule has 0 spiro atoms. The Hall–Kier alpha value is -2.66. The van der Waals surface area contributed by atoms with E-state index in [0.717, 1.165) is 22.2 Å². The predicted octanol–water partition coefficient (Wildman–Crippen LogP) is 7.26. The molecule has 1 N–H and O–H groups in total. The van der Waals surface area contributed by atoms with Gasteiger partial charge in [0, 0.05) is 10.7 Å². The lowest BCUT2D eigenvalue weighted by atomic mass is 10.2. The number of amides is 3. The van der Waals surface area contributed by atoms with Crippen LogP contribution in [0.25, 0.3) is 6.08 Å². The predicted molar refractivity (Wildman–Crippen MR) is 145 cm³/mol. The quantitative estimate of drug-likeness (QED) is 0.272. The fourth-order valence-corrected chi connectivity index (χ4v) is 5.62. The molecular formula is C25H16Br2ClFN2O4S. The summed E-state index contributed by atoms with van der Waals surface area (Å²) in [7, 11) is 0. The van der Waals surface area contributed by atoms with E-state index >= 15 is 0 Å². The summed E-state index contributed by atoms with van der Waals surface area (Å²) in [5.74, 6) is -0.852. The number of imide groups is 1. The Morgan fingerprint density at radius 2 is 1.69 bits per heavy atom. The van der Waals surface area contributed by atoms with Gasteiger partial charge in [-0.2, -0.15) is 0 Å². The van der Waals surface area contributed by atoms with Crippen molar-refractivity contribution in [2.24, 2.45) is 0 Å². The number of hydrogen-bond acceptors (Lipinski definition) is 5. The Bertz CT molecular complexity index is 1340. The number of nitrogens with zero attached hydrogens (tertiary/aromatic N) is 1. The first-order valence-corrected chi connectivity index (χ1v) is 13.1. The highest BCUT2D eigenvalue weighted by Crippen LogP contribution is 2.38. The van der Waals surface area contributed by atoms with Crippen LogP contribution in [0.3, 0.4) is 0 Å². The molecule has 36 heavy (non-hydrogen) atoms. The summed E-state index contributed by atoms with van der Waals surface area (Å²) in [6, 6.07) is 16.0. The molecule has 4 rings (SSSR count). The summed E-state index contributed by atoms with van der Waals surface area (Å²) >= 11 is 13.5. The first kappa shape index (κ1) is 26.4. The van der Waals surface area contributed by atoms with Gasteiger partial charge in [-0.15, -0.1) is 0 Å². The number of halogens is 4. The van der Waals surface area contributed by atoms with Gasteiger partial charge in [-0.25, -0.2) is 4.39 Å². The van der Waals surface area contributed by atoms with Crippen LogP contribution in [0.2, 0.25) is 5.02 Å². The van der Waals surface area contributed by atoms with Crippen molar-refractivity contribution >= 4 is 84.0 Å². The Morgan fingerprint density at radius 3 is 2.33 bits per heavy atom. The van der Waals surface area contributed by atoms with Gasteiger partial charge in [0.25, 0.3) is 11.1 Å². The van der Waals surface area contributed by atoms with Crippen LogP contribution in [0, 0.1) is 5.82 Å². The van der Waals surface area contributed by atoms with E-state index in [0.29, 0.717) is 31.0 Å². The molecule has 0 saturated carbocycles. The minimum Gasteiger partial charge on any atom is -0.487 e. The molecule has 0 aromatic heterocycles. The van der Waals surface area contributed by atoms with Crippen LogP contribution in [0.15, 0.2) is 74.5 Å². The minimum atomic E-state index is -0.555. The van der Waals surface area contributed by atoms with Crippen molar-refractivity contribution in [1.29, 1.82) is 0 Å². The zero-order valence-corrected chi connectivity index (χ0v) is 23.0. The third-order valence-corrected chi connectivity index (χ3v) is 7.26. The number of benzene rings is 3. The van der Waals surface area contributed by atoms with Crippen LogP contribution in [-0.4, -0.2) is 28.5 Å². The highest BCUT2D eigenvalue weighted by Gasteiger charge is 2.36. The monoisotopic (exact) mass is 652 g/mol. The smallest absolute Gasteiger partial charge is 0.294 e. The third-order valence-electron chi connectivity index (χ3n) is 4.92. The Morgan fingerprint density at radius 1 is 1.06 bits per heavy atom. The fraction of sp³-hybridized carbons (Fsp3) is 0.0800. The summed E-state index contributed by atoms with van der Waals surface area (Å²) in [6.45, 7) is -0.179. The lowest BCUT2D eigenvalue weighted by Gasteiger charge is -2.13. The summed E-state index contributed by atoms with van der Waals surface area (Å²) in [4.78, 5) is 38.7. The maximum absolute atomic E-state index is 13.1. The van der Waals surface area contributed by atoms with Gasteiger partial charge in [-0.1, -0.05) is 23.7 Å². The largest absolute Gasteiger partial charge is 0.487 e. The van der Waals surface area contributed by atoms with Crippen LogP contribution in [-0.2, 0) is 16.2 Å². The lowest BCUT2D eigenvalue weighted by molar-refractivity contribution is -0.127. The number of nitrogens with one attached hydrogen (secondary N) is 1. The average Bonchev–Trinajstić information content (AvgIpc) is 3.08. The van der Waals surface area contributed by atoms with E-state index in [2.05, 4.69) is 37.2 Å². The molecule has 0 bridgehead atoms. The second-order valence-corrected chi connectivity index (χ2v) is 10.7. The summed E-state index contributed by atoms with van der Waals surface area (Å²) in [5, 5.41) is 2.62. The van der Waals surface area contributed by atoms with Crippen LogP contribution < -0.4 is 10.1 Å². The van der Waals surface area contributed by atoms with Gasteiger partial charge in [0.15, 0.2) is 0 Å². The highest BCUT2D eigenvalue weighted by atomic mass is 79.9. The van der Waals surface area contributed by atoms with E-state index < -0.39 is 23.6 Å². The van der Waals surface area contributed by atoms with Gasteiger partial charge < -0.3 is 10.1 Å². The Balaban J connectivity index is 1.43. The summed E-state index contributed by atoms with van der Waals surface area (Å²) in [5.41, 5.74) is 1.94. The molecule has 3 aromatic rings. The van der Waals surface area contributed by atoms with Crippen molar-refractivity contribution in [2.45, 2.75) is 6.61 Å². The second kappa shape index (κ2) is 11.6. The number of carbonyl (C=O) groups is 3. The maximum Gasteiger partial charge on any atom is 0.294 e. The molecule has 1 aliphatic heterocycles. The number of carbonyl (C=O) groups excluding carboxylic acids is 3. The normalized spacial score (nSPS) is 14.4. The lowest BCUT2D eigenvalue weighted by Crippen LogP contribution is -2.36. The van der Waals surface area contributed by atoms with Crippen molar-refractivity contribution in [3.05, 3.63) is 96.5 Å². The topological polar surface area (TPSA) is 75.7 Å². The van der Waals surface area contributed by atoms with Crippen LogP contribution in [0.4, 0.5) is 14.9 Å². The van der Waals surface area contributed by atoms with E-state index in [1.807, 2.05) is 0 Å². The molecule has 0 atom stereocenters. The number of thioether (sulfide) groups is 1. The van der Waals surface area contributed by atoms with Crippen LogP contribution >= 0.6 is 55.2 Å². The van der Waals surface area contributed by atoms with E-state index in [1.54, 1.807) is 54.6 Å². The van der Waals surface area contributed by atoms with Gasteiger partial charge in [0.05, 0.1) is 13.9 Å². The third kappa shape index (κ3) is 6.56. The molecule has 0 unspecified atom stereocenters. The number of rotatable bonds is 7. The zero-order chi connectivity index (χ0) is 25.8. The molecular weight excluding hydrogens is 639 g/mol. The molecule has 6 nitrogen and oxygen atoms in total. The maximum atomic E-state index is 13.1. The molecule has 1 fully saturated rings. The number of ether oxygens (including phenoxy) is 1. The Kier molecular flexibility index (Phi) is 8.50. The van der Waals surface area contributed by atoms with Crippen molar-refractivity contribution in [3.63, 3.8) is 0 Å². The van der Waals surface area contributed by atoms with Gasteiger partial charge >= 0.3 is 0 Å². The molecule has 11 heteroatoms. The van der Waals surface area contributed by atoms with Crippen molar-refractivity contribution in [3.8, 4) is 5.75 Å². The Labute approximate surface area is 232 Å². The molecule has 3 aromatic carbocycles. The van der Waals surface area contributed by atoms with Gasteiger partial charge in [-0.3, -0.25) is 19.3 Å². The summed E-state index contributed by atoms with van der Waals surface area (Å²) in [6.07, 6.45) is 1.57. The molecule has 3 amide bonds. The SMILES string of the molecule is O=C(CN1C(=O)S/C(=C/c2cc(Br)c(OCc3ccc(F)cc3)c(Br)c2)C1=O)Nc1ccc(Cl)cc1. The van der Waals surface area contributed by atoms with Gasteiger partial charge in [0.2, 0.25) is 5.91 Å². The molecule has 184 valence electrons. The minimum absolute atomic E-state index is 0.193. The molecule has 0 radical (unpaired) electrons. The van der Waals surface area contributed by atoms with E-state index in [-0.39, 0.29) is 17.3 Å². The number of hydrogen-bond donors (Lipinski definition) is 1. The van der Waals surface area contributed by atoms with E-state index in [9.17, 15) is 18.8 Å². The second-order valence-electron chi connectivity index (χ2n) is 7.55. The van der Waals surface area contributed by atoms with Crippen LogP contribution in [0.5, 0.6) is 5.75 Å². The molecule has 0 aliphatic carbocycles. The summed E-state index contributed by atoms with van der Waals surface area (Å²) < 4.78 is 20.2. The van der Waals surface area contributed by atoms with Crippen molar-refractivity contribution in [2.75, 3.05) is 11.9 Å². The average molecular weight is 655 g/mol. The highest BCUT2D eigenvalue weighted by molar-refractivity contribution is 9.11. The van der Waals surface area contributed by atoms with Crippen molar-refractivity contribution in [1.82, 2.24) is 4.90 Å². The number of anilines is 1. The van der Waals surface area contributed by atoms with Crippen molar-refractivity contribution < 1.29 is 23.5 Å². The van der Waals surface area contributed by atoms with Gasteiger partial charge in [-0.05, 0) is 109 Å². The van der Waals surface area contributed by atoms with E-state index in [4.69, 9.17) is 16.3 Å². The van der Waals surface area contributed by atoms with Crippen LogP contribution in [0.1, 0.15) is 11.1 Å².